The molecule has 2 N–H and O–H groups in total. The van der Waals surface area contributed by atoms with Crippen molar-refractivity contribution in [2.75, 3.05) is 0 Å². The SMILES string of the molecule is Cc1cc(C2C(c3ccccn3)NC(=S)N2C(C)C)c(C)n1-c1cccc(C(=O)O)c1. The van der Waals surface area contributed by atoms with Crippen LogP contribution in [0.4, 0.5) is 0 Å². The van der Waals surface area contributed by atoms with Gasteiger partial charge in [0.2, 0.25) is 0 Å². The fraction of sp³-hybridized carbons (Fsp3) is 0.292. The Morgan fingerprint density at radius 2 is 1.94 bits per heavy atom. The topological polar surface area (TPSA) is 70.4 Å². The first-order valence-electron chi connectivity index (χ1n) is 10.3. The quantitative estimate of drug-likeness (QED) is 0.574. The molecule has 0 spiro atoms. The standard InChI is InChI=1S/C24H26N4O2S/c1-14(2)27-22(21(26-24(27)31)20-10-5-6-11-25-20)19-12-15(3)28(16(19)4)18-9-7-8-17(13-18)23(29)30/h5-14,21-22H,1-4H3,(H,26,31)(H,29,30). The van der Waals surface area contributed by atoms with Gasteiger partial charge in [-0.1, -0.05) is 12.1 Å². The van der Waals surface area contributed by atoms with E-state index in [-0.39, 0.29) is 23.7 Å². The minimum atomic E-state index is -0.934. The van der Waals surface area contributed by atoms with Crippen LogP contribution in [0.2, 0.25) is 0 Å². The summed E-state index contributed by atoms with van der Waals surface area (Å²) in [4.78, 5) is 18.3. The number of aromatic carboxylic acids is 1. The van der Waals surface area contributed by atoms with Crippen LogP contribution >= 0.6 is 12.2 Å². The maximum atomic E-state index is 11.5. The Bertz CT molecular complexity index is 1140. The van der Waals surface area contributed by atoms with Crippen LogP contribution in [0.15, 0.2) is 54.7 Å². The van der Waals surface area contributed by atoms with E-state index in [0.717, 1.165) is 28.3 Å². The molecule has 7 heteroatoms. The van der Waals surface area contributed by atoms with Crippen molar-refractivity contribution in [2.45, 2.75) is 45.8 Å². The molecule has 1 fully saturated rings. The summed E-state index contributed by atoms with van der Waals surface area (Å²) >= 11 is 5.71. The van der Waals surface area contributed by atoms with Crippen LogP contribution in [0, 0.1) is 13.8 Å². The summed E-state index contributed by atoms with van der Waals surface area (Å²) in [6, 6.07) is 15.2. The third kappa shape index (κ3) is 3.70. The third-order valence-corrected chi connectivity index (χ3v) is 6.16. The van der Waals surface area contributed by atoms with Crippen molar-refractivity contribution in [3.05, 3.63) is 82.9 Å². The monoisotopic (exact) mass is 434 g/mol. The van der Waals surface area contributed by atoms with Gasteiger partial charge < -0.3 is 19.9 Å². The summed E-state index contributed by atoms with van der Waals surface area (Å²) < 4.78 is 2.11. The zero-order chi connectivity index (χ0) is 22.3. The smallest absolute Gasteiger partial charge is 0.335 e. The number of carboxylic acid groups (broad SMARTS) is 1. The molecule has 4 rings (SSSR count). The number of aryl methyl sites for hydroxylation is 1. The lowest BCUT2D eigenvalue weighted by molar-refractivity contribution is 0.0697. The Kier molecular flexibility index (Phi) is 5.54. The average molecular weight is 435 g/mol. The number of rotatable bonds is 5. The second kappa shape index (κ2) is 8.15. The zero-order valence-electron chi connectivity index (χ0n) is 18.0. The molecule has 1 aliphatic heterocycles. The number of nitrogens with zero attached hydrogens (tertiary/aromatic N) is 3. The van der Waals surface area contributed by atoms with Gasteiger partial charge in [0.15, 0.2) is 5.11 Å². The van der Waals surface area contributed by atoms with Gasteiger partial charge in [-0.25, -0.2) is 4.79 Å². The molecule has 160 valence electrons. The molecule has 1 saturated heterocycles. The van der Waals surface area contributed by atoms with Gasteiger partial charge in [-0.15, -0.1) is 0 Å². The summed E-state index contributed by atoms with van der Waals surface area (Å²) in [6.45, 7) is 8.39. The molecule has 3 aromatic rings. The number of pyridine rings is 1. The second-order valence-electron chi connectivity index (χ2n) is 8.14. The van der Waals surface area contributed by atoms with Gasteiger partial charge in [0.1, 0.15) is 0 Å². The average Bonchev–Trinajstić information content (AvgIpc) is 3.24. The fourth-order valence-electron chi connectivity index (χ4n) is 4.52. The van der Waals surface area contributed by atoms with Gasteiger partial charge in [0.25, 0.3) is 0 Å². The minimum Gasteiger partial charge on any atom is -0.478 e. The van der Waals surface area contributed by atoms with Gasteiger partial charge in [-0.2, -0.15) is 0 Å². The number of hydrogen-bond donors (Lipinski definition) is 2. The molecule has 3 heterocycles. The fourth-order valence-corrected chi connectivity index (χ4v) is 4.97. The maximum Gasteiger partial charge on any atom is 0.335 e. The Balaban J connectivity index is 1.85. The highest BCUT2D eigenvalue weighted by atomic mass is 32.1. The normalized spacial score (nSPS) is 18.5. The molecule has 2 aromatic heterocycles. The van der Waals surface area contributed by atoms with Gasteiger partial charge in [-0.3, -0.25) is 4.98 Å². The third-order valence-electron chi connectivity index (χ3n) is 5.83. The van der Waals surface area contributed by atoms with Gasteiger partial charge >= 0.3 is 5.97 Å². The summed E-state index contributed by atoms with van der Waals surface area (Å²) in [6.07, 6.45) is 1.80. The molecule has 31 heavy (non-hydrogen) atoms. The van der Waals surface area contributed by atoms with E-state index in [0.29, 0.717) is 5.11 Å². The molecular weight excluding hydrogens is 408 g/mol. The predicted octanol–water partition coefficient (Wildman–Crippen LogP) is 4.57. The number of aromatic nitrogens is 2. The van der Waals surface area contributed by atoms with E-state index in [2.05, 4.69) is 46.6 Å². The molecule has 2 unspecified atom stereocenters. The molecule has 0 saturated carbocycles. The molecule has 0 radical (unpaired) electrons. The van der Waals surface area contributed by atoms with Crippen LogP contribution < -0.4 is 5.32 Å². The van der Waals surface area contributed by atoms with Crippen molar-refractivity contribution in [3.63, 3.8) is 0 Å². The van der Waals surface area contributed by atoms with E-state index in [1.807, 2.05) is 31.2 Å². The summed E-state index contributed by atoms with van der Waals surface area (Å²) in [5.74, 6) is -0.934. The highest BCUT2D eigenvalue weighted by Gasteiger charge is 2.42. The van der Waals surface area contributed by atoms with Crippen molar-refractivity contribution in [1.82, 2.24) is 19.8 Å². The maximum absolute atomic E-state index is 11.5. The largest absolute Gasteiger partial charge is 0.478 e. The van der Waals surface area contributed by atoms with Crippen molar-refractivity contribution in [3.8, 4) is 5.69 Å². The lowest BCUT2D eigenvalue weighted by Gasteiger charge is -2.31. The molecule has 1 aromatic carbocycles. The van der Waals surface area contributed by atoms with E-state index >= 15 is 0 Å². The Morgan fingerprint density at radius 1 is 1.16 bits per heavy atom. The predicted molar refractivity (Wildman–Crippen MR) is 125 cm³/mol. The molecule has 2 atom stereocenters. The highest BCUT2D eigenvalue weighted by molar-refractivity contribution is 7.80. The number of nitrogens with one attached hydrogen (secondary N) is 1. The van der Waals surface area contributed by atoms with E-state index < -0.39 is 5.97 Å². The van der Waals surface area contributed by atoms with Crippen LogP contribution in [0.25, 0.3) is 5.69 Å². The number of carbonyl (C=O) groups is 1. The molecular formula is C24H26N4O2S. The first-order valence-corrected chi connectivity index (χ1v) is 10.7. The van der Waals surface area contributed by atoms with Crippen LogP contribution in [-0.4, -0.2) is 36.7 Å². The van der Waals surface area contributed by atoms with E-state index in [9.17, 15) is 9.90 Å². The first kappa shape index (κ1) is 21.1. The zero-order valence-corrected chi connectivity index (χ0v) is 18.9. The Morgan fingerprint density at radius 3 is 2.58 bits per heavy atom. The van der Waals surface area contributed by atoms with Crippen molar-refractivity contribution < 1.29 is 9.90 Å². The Labute approximate surface area is 187 Å². The van der Waals surface area contributed by atoms with Crippen LogP contribution in [-0.2, 0) is 0 Å². The van der Waals surface area contributed by atoms with E-state index in [1.165, 1.54) is 0 Å². The summed E-state index contributed by atoms with van der Waals surface area (Å²) in [5, 5.41) is 13.6. The van der Waals surface area contributed by atoms with E-state index in [4.69, 9.17) is 12.2 Å². The summed E-state index contributed by atoms with van der Waals surface area (Å²) in [5.41, 5.74) is 5.29. The molecule has 0 bridgehead atoms. The Hall–Kier alpha value is -3.19. The van der Waals surface area contributed by atoms with Gasteiger partial charge in [0, 0.05) is 29.3 Å². The second-order valence-corrected chi connectivity index (χ2v) is 8.53. The molecule has 6 nitrogen and oxygen atoms in total. The molecule has 1 aliphatic rings. The lowest BCUT2D eigenvalue weighted by Crippen LogP contribution is -2.35. The van der Waals surface area contributed by atoms with Crippen LogP contribution in [0.1, 0.15) is 58.9 Å². The lowest BCUT2D eigenvalue weighted by atomic mass is 9.96. The van der Waals surface area contributed by atoms with Crippen molar-refractivity contribution in [1.29, 1.82) is 0 Å². The van der Waals surface area contributed by atoms with E-state index in [1.54, 1.807) is 24.4 Å². The highest BCUT2D eigenvalue weighted by Crippen LogP contribution is 2.42. The van der Waals surface area contributed by atoms with Gasteiger partial charge in [0.05, 0.1) is 23.3 Å². The van der Waals surface area contributed by atoms with Crippen LogP contribution in [0.3, 0.4) is 0 Å². The molecule has 0 aliphatic carbocycles. The number of thiocarbonyl (C=S) groups is 1. The molecule has 0 amide bonds. The first-order chi connectivity index (χ1) is 14.8. The van der Waals surface area contributed by atoms with Crippen LogP contribution in [0.5, 0.6) is 0 Å². The van der Waals surface area contributed by atoms with Crippen molar-refractivity contribution in [2.24, 2.45) is 0 Å². The van der Waals surface area contributed by atoms with Gasteiger partial charge in [-0.05, 0) is 81.9 Å². The summed E-state index contributed by atoms with van der Waals surface area (Å²) in [7, 11) is 0. The minimum absolute atomic E-state index is 0.0231. The number of carboxylic acids is 1. The number of benzene rings is 1. The number of hydrogen-bond acceptors (Lipinski definition) is 3. The van der Waals surface area contributed by atoms with Crippen molar-refractivity contribution >= 4 is 23.3 Å².